The number of nitriles is 1. The van der Waals surface area contributed by atoms with Crippen LogP contribution in [-0.2, 0) is 9.59 Å². The Kier molecular flexibility index (Phi) is 9.85. The first kappa shape index (κ1) is 20.4. The van der Waals surface area contributed by atoms with Gasteiger partial charge in [0.1, 0.15) is 0 Å². The Balaban J connectivity index is -0.000000188. The molecule has 0 radical (unpaired) electrons. The molecular formula is C6H5F6NO4. The third kappa shape index (κ3) is 20.2. The van der Waals surface area contributed by atoms with Gasteiger partial charge in [-0.25, -0.2) is 9.59 Å². The van der Waals surface area contributed by atoms with Crippen molar-refractivity contribution in [2.45, 2.75) is 19.3 Å². The highest BCUT2D eigenvalue weighted by atomic mass is 19.4. The fourth-order valence-corrected chi connectivity index (χ4v) is 0. The zero-order valence-corrected chi connectivity index (χ0v) is 7.93. The minimum atomic E-state index is -5.08. The first-order chi connectivity index (χ1) is 7.30. The number of carboxylic acid groups (broad SMARTS) is 2. The first-order valence-electron chi connectivity index (χ1n) is 3.21. The molecule has 100 valence electrons. The summed E-state index contributed by atoms with van der Waals surface area (Å²) in [6.45, 7) is 1.43. The molecular weight excluding hydrogens is 264 g/mol. The predicted molar refractivity (Wildman–Crippen MR) is 38.7 cm³/mol. The molecule has 0 saturated heterocycles. The molecule has 0 spiro atoms. The fourth-order valence-electron chi connectivity index (χ4n) is 0. The molecule has 2 N–H and O–H groups in total. The molecule has 0 heterocycles. The van der Waals surface area contributed by atoms with Crippen molar-refractivity contribution in [3.63, 3.8) is 0 Å². The number of hydrogen-bond acceptors (Lipinski definition) is 3. The van der Waals surface area contributed by atoms with Crippen LogP contribution in [0.5, 0.6) is 0 Å². The summed E-state index contributed by atoms with van der Waals surface area (Å²) in [4.78, 5) is 17.8. The Bertz CT molecular complexity index is 264. The van der Waals surface area contributed by atoms with Gasteiger partial charge < -0.3 is 10.2 Å². The van der Waals surface area contributed by atoms with Gasteiger partial charge in [-0.2, -0.15) is 31.6 Å². The van der Waals surface area contributed by atoms with Gasteiger partial charge in [-0.3, -0.25) is 0 Å². The lowest BCUT2D eigenvalue weighted by Gasteiger charge is -1.93. The number of aliphatic carboxylic acids is 2. The highest BCUT2D eigenvalue weighted by molar-refractivity contribution is 5.73. The lowest BCUT2D eigenvalue weighted by Crippen LogP contribution is -2.21. The molecule has 0 atom stereocenters. The van der Waals surface area contributed by atoms with Crippen LogP contribution in [0.4, 0.5) is 26.3 Å². The van der Waals surface area contributed by atoms with E-state index in [4.69, 9.17) is 25.1 Å². The molecule has 0 fully saturated rings. The lowest BCUT2D eigenvalue weighted by atomic mass is 10.7. The minimum absolute atomic E-state index is 1.43. The van der Waals surface area contributed by atoms with Gasteiger partial charge in [0.2, 0.25) is 0 Å². The average Bonchev–Trinajstić information content (AvgIpc) is 2.02. The molecule has 0 aromatic heterocycles. The standard InChI is InChI=1S/2C2HF3O2.C2H3N/c2*3-2(4,5)1(6)7;1-2-3/h2*(H,6,7);1H3. The van der Waals surface area contributed by atoms with Crippen LogP contribution < -0.4 is 0 Å². The molecule has 0 rings (SSSR count). The second-order valence-electron chi connectivity index (χ2n) is 1.83. The number of carboxylic acids is 2. The number of nitrogens with zero attached hydrogens (tertiary/aromatic N) is 1. The van der Waals surface area contributed by atoms with Crippen molar-refractivity contribution in [3.8, 4) is 6.07 Å². The summed E-state index contributed by atoms with van der Waals surface area (Å²) >= 11 is 0. The van der Waals surface area contributed by atoms with E-state index in [9.17, 15) is 26.3 Å². The Morgan fingerprint density at radius 3 is 1.00 bits per heavy atom. The van der Waals surface area contributed by atoms with Crippen LogP contribution >= 0.6 is 0 Å². The van der Waals surface area contributed by atoms with E-state index in [2.05, 4.69) is 0 Å². The molecule has 0 aliphatic heterocycles. The third-order valence-electron chi connectivity index (χ3n) is 0.485. The van der Waals surface area contributed by atoms with Crippen LogP contribution in [0, 0.1) is 11.3 Å². The van der Waals surface area contributed by atoms with Crippen LogP contribution in [0.25, 0.3) is 0 Å². The maximum absolute atomic E-state index is 10.6. The van der Waals surface area contributed by atoms with Crippen LogP contribution in [0.1, 0.15) is 6.92 Å². The second-order valence-corrected chi connectivity index (χ2v) is 1.83. The average molecular weight is 269 g/mol. The quantitative estimate of drug-likeness (QED) is 0.653. The van der Waals surface area contributed by atoms with Crippen molar-refractivity contribution in [1.82, 2.24) is 0 Å². The maximum atomic E-state index is 10.6. The van der Waals surface area contributed by atoms with Crippen LogP contribution in [-0.4, -0.2) is 34.5 Å². The maximum Gasteiger partial charge on any atom is 0.490 e. The smallest absolute Gasteiger partial charge is 0.475 e. The van der Waals surface area contributed by atoms with Gasteiger partial charge in [0.15, 0.2) is 0 Å². The van der Waals surface area contributed by atoms with Crippen LogP contribution in [0.15, 0.2) is 0 Å². The SMILES string of the molecule is CC#N.O=C(O)C(F)(F)F.O=C(O)C(F)(F)F. The third-order valence-corrected chi connectivity index (χ3v) is 0.485. The molecule has 0 aromatic rings. The molecule has 0 aliphatic rings. The molecule has 17 heavy (non-hydrogen) atoms. The summed E-state index contributed by atoms with van der Waals surface area (Å²) in [5.41, 5.74) is 0. The molecule has 0 bridgehead atoms. The topological polar surface area (TPSA) is 98.4 Å². The van der Waals surface area contributed by atoms with Crippen molar-refractivity contribution >= 4 is 11.9 Å². The van der Waals surface area contributed by atoms with Gasteiger partial charge >= 0.3 is 24.3 Å². The number of halogens is 6. The van der Waals surface area contributed by atoms with Crippen molar-refractivity contribution in [2.24, 2.45) is 0 Å². The Hall–Kier alpha value is -1.99. The Morgan fingerprint density at radius 2 is 1.00 bits per heavy atom. The van der Waals surface area contributed by atoms with Gasteiger partial charge in [-0.05, 0) is 0 Å². The van der Waals surface area contributed by atoms with E-state index in [1.807, 2.05) is 0 Å². The molecule has 0 saturated carbocycles. The normalized spacial score (nSPS) is 9.76. The predicted octanol–water partition coefficient (Wildman–Crippen LogP) is 1.80. The van der Waals surface area contributed by atoms with E-state index in [0.29, 0.717) is 0 Å². The van der Waals surface area contributed by atoms with Crippen LogP contribution in [0.2, 0.25) is 0 Å². The summed E-state index contributed by atoms with van der Waals surface area (Å²) in [7, 11) is 0. The van der Waals surface area contributed by atoms with Crippen molar-refractivity contribution in [1.29, 1.82) is 5.26 Å². The van der Waals surface area contributed by atoms with Crippen LogP contribution in [0.3, 0.4) is 0 Å². The second kappa shape index (κ2) is 8.20. The summed E-state index contributed by atoms with van der Waals surface area (Å²) in [6.07, 6.45) is -10.2. The molecule has 0 unspecified atom stereocenters. The summed E-state index contributed by atoms with van der Waals surface area (Å²) < 4.78 is 63.5. The van der Waals surface area contributed by atoms with E-state index in [1.54, 1.807) is 6.07 Å². The molecule has 11 heteroatoms. The van der Waals surface area contributed by atoms with E-state index >= 15 is 0 Å². The van der Waals surface area contributed by atoms with Gasteiger partial charge in [0.25, 0.3) is 0 Å². The van der Waals surface area contributed by atoms with E-state index in [1.165, 1.54) is 6.92 Å². The van der Waals surface area contributed by atoms with Crippen molar-refractivity contribution in [3.05, 3.63) is 0 Å². The monoisotopic (exact) mass is 269 g/mol. The van der Waals surface area contributed by atoms with Crippen molar-refractivity contribution in [2.75, 3.05) is 0 Å². The van der Waals surface area contributed by atoms with Crippen molar-refractivity contribution < 1.29 is 46.1 Å². The van der Waals surface area contributed by atoms with Gasteiger partial charge in [0.05, 0.1) is 6.07 Å². The Labute approximate surface area is 89.9 Å². The van der Waals surface area contributed by atoms with Gasteiger partial charge in [0, 0.05) is 6.92 Å². The zero-order valence-electron chi connectivity index (χ0n) is 7.93. The van der Waals surface area contributed by atoms with Gasteiger partial charge in [-0.15, -0.1) is 0 Å². The van der Waals surface area contributed by atoms with E-state index < -0.39 is 24.3 Å². The minimum Gasteiger partial charge on any atom is -0.475 e. The first-order valence-corrected chi connectivity index (χ1v) is 3.21. The largest absolute Gasteiger partial charge is 0.490 e. The molecule has 0 amide bonds. The molecule has 5 nitrogen and oxygen atoms in total. The lowest BCUT2D eigenvalue weighted by molar-refractivity contribution is -0.193. The molecule has 0 aromatic carbocycles. The number of hydrogen-bond donors (Lipinski definition) is 2. The highest BCUT2D eigenvalue weighted by Crippen LogP contribution is 2.13. The zero-order chi connectivity index (χ0) is 14.9. The van der Waals surface area contributed by atoms with Gasteiger partial charge in [-0.1, -0.05) is 0 Å². The summed E-state index contributed by atoms with van der Waals surface area (Å²) in [6, 6.07) is 1.75. The number of carbonyl (C=O) groups is 2. The number of alkyl halides is 6. The van der Waals surface area contributed by atoms with E-state index in [-0.39, 0.29) is 0 Å². The highest BCUT2D eigenvalue weighted by Gasteiger charge is 2.38. The fraction of sp³-hybridized carbons (Fsp3) is 0.500. The number of rotatable bonds is 0. The summed E-state index contributed by atoms with van der Waals surface area (Å²) in [5, 5.41) is 21.6. The Morgan fingerprint density at radius 1 is 0.941 bits per heavy atom. The summed E-state index contributed by atoms with van der Waals surface area (Å²) in [5.74, 6) is -5.51. The van der Waals surface area contributed by atoms with E-state index in [0.717, 1.165) is 0 Å². The molecule has 0 aliphatic carbocycles.